The van der Waals surface area contributed by atoms with E-state index in [0.717, 1.165) is 5.56 Å². The van der Waals surface area contributed by atoms with E-state index in [0.29, 0.717) is 26.2 Å². The molecule has 1 aromatic carbocycles. The molecular formula is C25H42O7Si. The van der Waals surface area contributed by atoms with Crippen LogP contribution in [0.4, 0.5) is 0 Å². The maximum Gasteiger partial charge on any atom is 0.191 e. The number of rotatable bonds is 11. The summed E-state index contributed by atoms with van der Waals surface area (Å²) < 4.78 is 42.8. The van der Waals surface area contributed by atoms with Crippen molar-refractivity contribution in [3.63, 3.8) is 0 Å². The van der Waals surface area contributed by atoms with Gasteiger partial charge in [-0.15, -0.1) is 0 Å². The first-order valence-electron chi connectivity index (χ1n) is 11.8. The Bertz CT molecular complexity index is 749. The first-order chi connectivity index (χ1) is 15.4. The minimum absolute atomic E-state index is 0.127. The maximum absolute atomic E-state index is 6.56. The predicted molar refractivity (Wildman–Crippen MR) is 128 cm³/mol. The van der Waals surface area contributed by atoms with Gasteiger partial charge in [0.05, 0.1) is 13.2 Å². The molecule has 2 aliphatic rings. The number of methoxy groups -OCH3 is 1. The van der Waals surface area contributed by atoms with Crippen LogP contribution in [0.3, 0.4) is 0 Å². The van der Waals surface area contributed by atoms with Crippen LogP contribution >= 0.6 is 0 Å². The molecule has 188 valence electrons. The lowest BCUT2D eigenvalue weighted by molar-refractivity contribution is -0.271. The SMILES string of the molecule is COCOC[C@@]1(CCO[Si](C)(C)C(C)(C)C)O[C@H](OCc2ccccc2)[C@H]2OC(C)(C)O[C@H]21. The van der Waals surface area contributed by atoms with Crippen molar-refractivity contribution in [1.29, 1.82) is 0 Å². The molecule has 0 spiro atoms. The van der Waals surface area contributed by atoms with Gasteiger partial charge in [-0.1, -0.05) is 51.1 Å². The minimum atomic E-state index is -1.91. The molecule has 2 heterocycles. The number of ether oxygens (including phenoxy) is 6. The molecule has 2 saturated heterocycles. The Morgan fingerprint density at radius 3 is 2.36 bits per heavy atom. The lowest BCUT2D eigenvalue weighted by atomic mass is 9.93. The van der Waals surface area contributed by atoms with Crippen LogP contribution in [0, 0.1) is 0 Å². The van der Waals surface area contributed by atoms with E-state index < -0.39 is 26.0 Å². The fourth-order valence-electron chi connectivity index (χ4n) is 4.02. The summed E-state index contributed by atoms with van der Waals surface area (Å²) in [6, 6.07) is 10.0. The number of hydrogen-bond donors (Lipinski definition) is 0. The van der Waals surface area contributed by atoms with Gasteiger partial charge in [0.15, 0.2) is 20.4 Å². The van der Waals surface area contributed by atoms with E-state index in [-0.39, 0.29) is 24.0 Å². The minimum Gasteiger partial charge on any atom is -0.417 e. The van der Waals surface area contributed by atoms with Crippen molar-refractivity contribution in [2.45, 2.75) is 95.7 Å². The average molecular weight is 483 g/mol. The van der Waals surface area contributed by atoms with Gasteiger partial charge in [-0.2, -0.15) is 0 Å². The zero-order valence-electron chi connectivity index (χ0n) is 21.5. The largest absolute Gasteiger partial charge is 0.417 e. The van der Waals surface area contributed by atoms with Crippen molar-refractivity contribution in [1.82, 2.24) is 0 Å². The highest BCUT2D eigenvalue weighted by Crippen LogP contribution is 2.47. The van der Waals surface area contributed by atoms with Gasteiger partial charge in [0.2, 0.25) is 0 Å². The van der Waals surface area contributed by atoms with E-state index >= 15 is 0 Å². The fourth-order valence-corrected chi connectivity index (χ4v) is 5.07. The van der Waals surface area contributed by atoms with Gasteiger partial charge < -0.3 is 32.8 Å². The Hall–Kier alpha value is -0.843. The summed E-state index contributed by atoms with van der Waals surface area (Å²) in [5.41, 5.74) is 0.311. The summed E-state index contributed by atoms with van der Waals surface area (Å²) >= 11 is 0. The quantitative estimate of drug-likeness (QED) is 0.254. The molecule has 7 nitrogen and oxygen atoms in total. The van der Waals surface area contributed by atoms with Crippen LogP contribution in [0.2, 0.25) is 18.1 Å². The van der Waals surface area contributed by atoms with Gasteiger partial charge in [0.1, 0.15) is 24.6 Å². The third kappa shape index (κ3) is 6.44. The van der Waals surface area contributed by atoms with Crippen molar-refractivity contribution in [2.75, 3.05) is 27.1 Å². The van der Waals surface area contributed by atoms with Gasteiger partial charge in [-0.05, 0) is 37.5 Å². The zero-order chi connectivity index (χ0) is 24.3. The van der Waals surface area contributed by atoms with E-state index in [4.69, 9.17) is 32.8 Å². The highest BCUT2D eigenvalue weighted by Gasteiger charge is 2.63. The van der Waals surface area contributed by atoms with Crippen LogP contribution in [0.5, 0.6) is 0 Å². The lowest BCUT2D eigenvalue weighted by Gasteiger charge is -2.39. The van der Waals surface area contributed by atoms with Crippen molar-refractivity contribution in [3.05, 3.63) is 35.9 Å². The molecule has 2 fully saturated rings. The molecule has 0 bridgehead atoms. The first-order valence-corrected chi connectivity index (χ1v) is 14.7. The third-order valence-corrected chi connectivity index (χ3v) is 11.4. The van der Waals surface area contributed by atoms with Crippen LogP contribution in [0.1, 0.15) is 46.6 Å². The van der Waals surface area contributed by atoms with Gasteiger partial charge in [-0.3, -0.25) is 0 Å². The van der Waals surface area contributed by atoms with Crippen molar-refractivity contribution in [3.8, 4) is 0 Å². The van der Waals surface area contributed by atoms with Crippen LogP contribution in [0.25, 0.3) is 0 Å². The molecule has 0 aliphatic carbocycles. The molecule has 0 radical (unpaired) electrons. The fraction of sp³-hybridized carbons (Fsp3) is 0.760. The Kier molecular flexibility index (Phi) is 8.45. The molecule has 3 rings (SSSR count). The lowest BCUT2D eigenvalue weighted by Crippen LogP contribution is -2.49. The van der Waals surface area contributed by atoms with Gasteiger partial charge in [-0.25, -0.2) is 0 Å². The Labute approximate surface area is 200 Å². The summed E-state index contributed by atoms with van der Waals surface area (Å²) in [6.45, 7) is 16.5. The monoisotopic (exact) mass is 482 g/mol. The number of fused-ring (bicyclic) bond motifs is 1. The molecule has 0 N–H and O–H groups in total. The molecule has 4 atom stereocenters. The van der Waals surface area contributed by atoms with Crippen molar-refractivity contribution < 1.29 is 32.8 Å². The van der Waals surface area contributed by atoms with E-state index in [1.54, 1.807) is 7.11 Å². The summed E-state index contributed by atoms with van der Waals surface area (Å²) in [5, 5.41) is 0.127. The molecule has 8 heteroatoms. The standard InChI is InChI=1S/C25H42O7Si/c1-23(2,3)33(7,8)29-15-14-25(17-27-18-26-6)21-20(30-24(4,5)31-21)22(32-25)28-16-19-12-10-9-11-13-19/h9-13,20-22H,14-18H2,1-8H3/t20-,21+,22-,25+/m0/s1. The van der Waals surface area contributed by atoms with Crippen molar-refractivity contribution in [2.24, 2.45) is 0 Å². The summed E-state index contributed by atoms with van der Waals surface area (Å²) in [6.07, 6.45) is -0.665. The van der Waals surface area contributed by atoms with Gasteiger partial charge >= 0.3 is 0 Å². The molecule has 33 heavy (non-hydrogen) atoms. The molecular weight excluding hydrogens is 440 g/mol. The maximum atomic E-state index is 6.56. The summed E-state index contributed by atoms with van der Waals surface area (Å²) in [4.78, 5) is 0. The average Bonchev–Trinajstić information content (AvgIpc) is 3.19. The van der Waals surface area contributed by atoms with E-state index in [2.05, 4.69) is 33.9 Å². The van der Waals surface area contributed by atoms with Crippen LogP contribution in [-0.4, -0.2) is 65.3 Å². The second-order valence-corrected chi connectivity index (χ2v) is 15.8. The Morgan fingerprint density at radius 2 is 1.73 bits per heavy atom. The second-order valence-electron chi connectivity index (χ2n) is 11.0. The summed E-state index contributed by atoms with van der Waals surface area (Å²) in [7, 11) is -0.304. The zero-order valence-corrected chi connectivity index (χ0v) is 22.5. The topological polar surface area (TPSA) is 64.6 Å². The molecule has 0 unspecified atom stereocenters. The third-order valence-electron chi connectivity index (χ3n) is 6.87. The highest BCUT2D eigenvalue weighted by atomic mass is 28.4. The van der Waals surface area contributed by atoms with Crippen LogP contribution < -0.4 is 0 Å². The number of benzene rings is 1. The molecule has 0 aromatic heterocycles. The first kappa shape index (κ1) is 26.8. The van der Waals surface area contributed by atoms with Crippen molar-refractivity contribution >= 4 is 8.32 Å². The van der Waals surface area contributed by atoms with Gasteiger partial charge in [0, 0.05) is 20.1 Å². The van der Waals surface area contributed by atoms with Crippen LogP contribution in [-0.2, 0) is 39.5 Å². The molecule has 2 aliphatic heterocycles. The van der Waals surface area contributed by atoms with Crippen LogP contribution in [0.15, 0.2) is 30.3 Å². The Morgan fingerprint density at radius 1 is 1.03 bits per heavy atom. The van der Waals surface area contributed by atoms with E-state index in [1.165, 1.54) is 0 Å². The summed E-state index contributed by atoms with van der Waals surface area (Å²) in [5.74, 6) is -0.736. The molecule has 1 aromatic rings. The predicted octanol–water partition coefficient (Wildman–Crippen LogP) is 4.85. The highest BCUT2D eigenvalue weighted by molar-refractivity contribution is 6.74. The Balaban J connectivity index is 1.77. The van der Waals surface area contributed by atoms with E-state index in [9.17, 15) is 0 Å². The second kappa shape index (κ2) is 10.4. The smallest absolute Gasteiger partial charge is 0.191 e. The number of hydrogen-bond acceptors (Lipinski definition) is 7. The molecule has 0 amide bonds. The van der Waals surface area contributed by atoms with E-state index in [1.807, 2.05) is 44.2 Å². The normalized spacial score (nSPS) is 29.4. The molecule has 0 saturated carbocycles. The van der Waals surface area contributed by atoms with Gasteiger partial charge in [0.25, 0.3) is 0 Å².